The molecule has 0 aromatic carbocycles. The van der Waals surface area contributed by atoms with Crippen LogP contribution in [-0.2, 0) is 19.1 Å². The maximum absolute atomic E-state index is 12.4. The Balaban J connectivity index is 0.00000141. The summed E-state index contributed by atoms with van der Waals surface area (Å²) in [5.41, 5.74) is -0.475. The van der Waals surface area contributed by atoms with E-state index in [0.29, 0.717) is 11.3 Å². The van der Waals surface area contributed by atoms with Gasteiger partial charge in [0.15, 0.2) is 5.96 Å². The third-order valence-corrected chi connectivity index (χ3v) is 4.95. The molecular weight excluding hydrogens is 350 g/mol. The number of nitrogens with zero attached hydrogens (tertiary/aromatic N) is 1. The van der Waals surface area contributed by atoms with Gasteiger partial charge >= 0.3 is 5.97 Å². The molecule has 8 nitrogen and oxygen atoms in total. The molecule has 1 aliphatic heterocycles. The van der Waals surface area contributed by atoms with E-state index in [1.807, 2.05) is 0 Å². The molecule has 0 atom stereocenters. The van der Waals surface area contributed by atoms with Crippen LogP contribution in [0.25, 0.3) is 0 Å². The third-order valence-electron chi connectivity index (χ3n) is 4.95. The van der Waals surface area contributed by atoms with Crippen LogP contribution in [0.3, 0.4) is 0 Å². The predicted octanol–water partition coefficient (Wildman–Crippen LogP) is 2.66. The van der Waals surface area contributed by atoms with E-state index < -0.39 is 37.0 Å². The van der Waals surface area contributed by atoms with E-state index in [1.54, 1.807) is 0 Å². The molecule has 0 bridgehead atoms. The lowest BCUT2D eigenvalue weighted by atomic mass is 9.76. The van der Waals surface area contributed by atoms with Crippen molar-refractivity contribution < 1.29 is 28.3 Å². The Morgan fingerprint density at radius 3 is 2.22 bits per heavy atom. The Kier molecular flexibility index (Phi) is 8.32. The second kappa shape index (κ2) is 12.3. The number of likely N-dealkylation sites (N-methyl/N-ethyl adjacent to an activating group) is 1. The summed E-state index contributed by atoms with van der Waals surface area (Å²) < 4.78 is 28.4. The van der Waals surface area contributed by atoms with Gasteiger partial charge in [-0.05, 0) is 38.5 Å². The number of esters is 1. The molecule has 1 saturated heterocycles. The molecule has 1 heterocycles. The average Bonchev–Trinajstić information content (AvgIpc) is 2.61. The van der Waals surface area contributed by atoms with Gasteiger partial charge in [-0.3, -0.25) is 25.1 Å². The van der Waals surface area contributed by atoms with Gasteiger partial charge in [0.2, 0.25) is 5.91 Å². The molecule has 0 unspecified atom stereocenters. The van der Waals surface area contributed by atoms with Gasteiger partial charge in [0, 0.05) is 17.5 Å². The molecule has 154 valence electrons. The van der Waals surface area contributed by atoms with E-state index in [2.05, 4.69) is 5.32 Å². The largest absolute Gasteiger partial charge is 0.483 e. The molecule has 1 amide bonds. The number of amides is 1. The number of ether oxygens (including phenoxy) is 1. The summed E-state index contributed by atoms with van der Waals surface area (Å²) in [5, 5.41) is 17.1. The van der Waals surface area contributed by atoms with Gasteiger partial charge in [-0.1, -0.05) is 32.1 Å². The third kappa shape index (κ3) is 8.88. The topological polar surface area (TPSA) is 120 Å². The summed E-state index contributed by atoms with van der Waals surface area (Å²) in [6.45, 7) is -3.53. The zero-order chi connectivity index (χ0) is 22.6. The van der Waals surface area contributed by atoms with Gasteiger partial charge in [-0.25, -0.2) is 0 Å². The number of carbonyl (C=O) groups excluding carboxylic acids is 2. The summed E-state index contributed by atoms with van der Waals surface area (Å²) in [4.78, 5) is 33.4. The molecule has 3 N–H and O–H groups in total. The molecule has 1 spiro atoms. The first-order valence-corrected chi connectivity index (χ1v) is 9.59. The summed E-state index contributed by atoms with van der Waals surface area (Å²) in [6.07, 6.45) is 10.7. The monoisotopic (exact) mass is 386 g/mol. The quantitative estimate of drug-likeness (QED) is 0.435. The number of guanidine groups is 1. The van der Waals surface area contributed by atoms with Crippen LogP contribution in [-0.4, -0.2) is 53.4 Å². The Morgan fingerprint density at radius 2 is 1.67 bits per heavy atom. The van der Waals surface area contributed by atoms with E-state index in [-0.39, 0.29) is 12.9 Å². The molecule has 8 heteroatoms. The maximum Gasteiger partial charge on any atom is 0.326 e. The van der Waals surface area contributed by atoms with Crippen molar-refractivity contribution in [3.8, 4) is 0 Å². The number of carbonyl (C=O) groups is 3. The van der Waals surface area contributed by atoms with Crippen LogP contribution >= 0.6 is 0 Å². The highest BCUT2D eigenvalue weighted by Crippen LogP contribution is 2.40. The molecule has 2 aliphatic rings. The number of hydrogen-bond acceptors (Lipinski definition) is 5. The number of rotatable bonds is 0. The summed E-state index contributed by atoms with van der Waals surface area (Å²) >= 11 is 0. The lowest BCUT2D eigenvalue weighted by Crippen LogP contribution is -2.47. The normalized spacial score (nSPS) is 24.5. The highest BCUT2D eigenvalue weighted by Gasteiger charge is 2.40. The first kappa shape index (κ1) is 18.3. The summed E-state index contributed by atoms with van der Waals surface area (Å²) in [6, 6.07) is 0. The molecule has 2 rings (SSSR count). The fourth-order valence-electron chi connectivity index (χ4n) is 3.33. The van der Waals surface area contributed by atoms with Gasteiger partial charge in [-0.15, -0.1) is 0 Å². The van der Waals surface area contributed by atoms with Crippen molar-refractivity contribution in [1.82, 2.24) is 10.2 Å². The average molecular weight is 387 g/mol. The minimum Gasteiger partial charge on any atom is -0.483 e. The predicted molar refractivity (Wildman–Crippen MR) is 101 cm³/mol. The van der Waals surface area contributed by atoms with Crippen molar-refractivity contribution in [1.29, 1.82) is 5.41 Å². The van der Waals surface area contributed by atoms with E-state index in [1.165, 1.54) is 0 Å². The molecule has 27 heavy (non-hydrogen) atoms. The Morgan fingerprint density at radius 1 is 1.11 bits per heavy atom. The van der Waals surface area contributed by atoms with Crippen molar-refractivity contribution in [2.45, 2.75) is 82.7 Å². The van der Waals surface area contributed by atoms with Crippen LogP contribution in [0.15, 0.2) is 0 Å². The Bertz CT molecular complexity index is 594. The van der Waals surface area contributed by atoms with Crippen molar-refractivity contribution in [3.63, 3.8) is 0 Å². The highest BCUT2D eigenvalue weighted by atomic mass is 16.6. The van der Waals surface area contributed by atoms with E-state index >= 15 is 0 Å². The number of nitrogens with one attached hydrogen (secondary N) is 2. The molecule has 0 aromatic heterocycles. The van der Waals surface area contributed by atoms with Crippen molar-refractivity contribution in [2.24, 2.45) is 0 Å². The summed E-state index contributed by atoms with van der Waals surface area (Å²) in [5.74, 6) is -1.64. The van der Waals surface area contributed by atoms with Crippen LogP contribution in [0.1, 0.15) is 81.2 Å². The molecule has 1 aliphatic carbocycles. The summed E-state index contributed by atoms with van der Waals surface area (Å²) in [7, 11) is 0. The van der Waals surface area contributed by atoms with E-state index in [0.717, 1.165) is 64.2 Å². The fourth-order valence-corrected chi connectivity index (χ4v) is 3.33. The number of carboxylic acid groups (broad SMARTS) is 1. The van der Waals surface area contributed by atoms with E-state index in [4.69, 9.17) is 24.2 Å². The fraction of sp³-hybridized carbons (Fsp3) is 0.789. The molecule has 1 saturated carbocycles. The minimum absolute atomic E-state index is 0.241. The molecule has 0 radical (unpaired) electrons. The maximum atomic E-state index is 12.4. The van der Waals surface area contributed by atoms with Crippen LogP contribution in [0, 0.1) is 5.41 Å². The van der Waals surface area contributed by atoms with Gasteiger partial charge in [-0.2, -0.15) is 0 Å². The van der Waals surface area contributed by atoms with Crippen molar-refractivity contribution >= 4 is 24.3 Å². The molecule has 0 aromatic rings. The minimum atomic E-state index is -2.71. The first-order valence-electron chi connectivity index (χ1n) is 11.1. The second-order valence-electron chi connectivity index (χ2n) is 7.07. The van der Waals surface area contributed by atoms with Crippen LogP contribution in [0.4, 0.5) is 0 Å². The van der Waals surface area contributed by atoms with Crippen LogP contribution in [0.5, 0.6) is 0 Å². The highest BCUT2D eigenvalue weighted by molar-refractivity contribution is 5.96. The molecular formula is C19H33N3O5. The number of hydrogen-bond donors (Lipinski definition) is 3. The Hall–Kier alpha value is -2.12. The second-order valence-corrected chi connectivity index (χ2v) is 7.07. The van der Waals surface area contributed by atoms with Crippen LogP contribution < -0.4 is 5.32 Å². The van der Waals surface area contributed by atoms with E-state index in [9.17, 15) is 9.59 Å². The lowest BCUT2D eigenvalue weighted by Gasteiger charge is -2.41. The standard InChI is InChI=1S/C18H31N3O3.CH2O2/c1-21-14-16(23)24-18(12-9-13-18)11-8-6-4-2-3-5-7-10-15(22)20-17(21)19;2-1-3/h2-14H2,1H3,(H2,19,20,22);1H,(H,2,3)/i1D3;. The van der Waals surface area contributed by atoms with Crippen LogP contribution in [0.2, 0.25) is 0 Å². The van der Waals surface area contributed by atoms with Gasteiger partial charge in [0.1, 0.15) is 12.1 Å². The Labute approximate surface area is 165 Å². The van der Waals surface area contributed by atoms with Crippen molar-refractivity contribution in [2.75, 3.05) is 13.5 Å². The van der Waals surface area contributed by atoms with Gasteiger partial charge in [0.25, 0.3) is 6.47 Å². The van der Waals surface area contributed by atoms with Gasteiger partial charge in [0.05, 0.1) is 0 Å². The molecule has 2 fully saturated rings. The smallest absolute Gasteiger partial charge is 0.326 e. The first-order chi connectivity index (χ1) is 14.1. The van der Waals surface area contributed by atoms with Crippen molar-refractivity contribution in [3.05, 3.63) is 0 Å². The SMILES string of the molecule is O=CO.[2H]C([2H])([2H])N1CC(=O)OC2(CCCCCCCCCC(=O)NC1=N)CCC2. The van der Waals surface area contributed by atoms with Gasteiger partial charge < -0.3 is 14.7 Å². The lowest BCUT2D eigenvalue weighted by molar-refractivity contribution is -0.171. The zero-order valence-corrected chi connectivity index (χ0v) is 15.8. The zero-order valence-electron chi connectivity index (χ0n) is 18.8.